The van der Waals surface area contributed by atoms with Gasteiger partial charge < -0.3 is 9.47 Å². The van der Waals surface area contributed by atoms with E-state index in [1.165, 1.54) is 0 Å². The van der Waals surface area contributed by atoms with Crippen LogP contribution in [0.2, 0.25) is 5.02 Å². The van der Waals surface area contributed by atoms with Crippen LogP contribution in [0.5, 0.6) is 11.5 Å². The quantitative estimate of drug-likeness (QED) is 0.599. The summed E-state index contributed by atoms with van der Waals surface area (Å²) in [7, 11) is 3.28. The van der Waals surface area contributed by atoms with Crippen LogP contribution in [0.1, 0.15) is 16.0 Å². The third-order valence-electron chi connectivity index (χ3n) is 2.96. The molecule has 0 heterocycles. The van der Waals surface area contributed by atoms with Gasteiger partial charge in [0.2, 0.25) is 0 Å². The molecular weight excluding hydrogens is 407 g/mol. The molecule has 20 heavy (non-hydrogen) atoms. The molecule has 0 amide bonds. The minimum Gasteiger partial charge on any atom is -0.496 e. The molecule has 0 bridgehead atoms. The second-order valence-corrected chi connectivity index (χ2v) is 6.29. The lowest BCUT2D eigenvalue weighted by Crippen LogP contribution is -1.99. The van der Waals surface area contributed by atoms with E-state index in [4.69, 9.17) is 21.1 Å². The fourth-order valence-electron chi connectivity index (χ4n) is 1.93. The monoisotopic (exact) mass is 418 g/mol. The Morgan fingerprint density at radius 2 is 1.65 bits per heavy atom. The molecule has 106 valence electrons. The van der Waals surface area contributed by atoms with E-state index in [2.05, 4.69) is 31.9 Å². The Morgan fingerprint density at radius 3 is 2.25 bits per heavy atom. The van der Waals surface area contributed by atoms with Gasteiger partial charge in [-0.3, -0.25) is 0 Å². The molecule has 0 radical (unpaired) electrons. The van der Waals surface area contributed by atoms with Gasteiger partial charge in [0.15, 0.2) is 0 Å². The largest absolute Gasteiger partial charge is 0.496 e. The van der Waals surface area contributed by atoms with E-state index in [-0.39, 0.29) is 4.83 Å². The molecule has 2 nitrogen and oxygen atoms in total. The first-order valence-corrected chi connectivity index (χ1v) is 7.97. The van der Waals surface area contributed by atoms with Gasteiger partial charge in [0.1, 0.15) is 11.5 Å². The summed E-state index contributed by atoms with van der Waals surface area (Å²) in [4.78, 5) is -0.0758. The van der Waals surface area contributed by atoms with Crippen molar-refractivity contribution in [3.63, 3.8) is 0 Å². The number of halogens is 3. The molecule has 0 saturated carbocycles. The Bertz CT molecular complexity index is 617. The maximum Gasteiger partial charge on any atom is 0.133 e. The molecular formula is C15H13Br2ClO2. The van der Waals surface area contributed by atoms with Crippen LogP contribution in [0.15, 0.2) is 40.9 Å². The first-order chi connectivity index (χ1) is 9.58. The normalized spacial score (nSPS) is 12.1. The van der Waals surface area contributed by atoms with Gasteiger partial charge in [-0.1, -0.05) is 45.7 Å². The summed E-state index contributed by atoms with van der Waals surface area (Å²) < 4.78 is 11.6. The fourth-order valence-corrected chi connectivity index (χ4v) is 3.55. The smallest absolute Gasteiger partial charge is 0.133 e. The molecule has 0 aromatic heterocycles. The molecule has 0 aliphatic carbocycles. The topological polar surface area (TPSA) is 18.5 Å². The summed E-state index contributed by atoms with van der Waals surface area (Å²) in [5.41, 5.74) is 1.94. The minimum absolute atomic E-state index is 0.0758. The summed E-state index contributed by atoms with van der Waals surface area (Å²) in [6.07, 6.45) is 0. The van der Waals surface area contributed by atoms with Crippen molar-refractivity contribution in [2.24, 2.45) is 0 Å². The molecule has 5 heteroatoms. The highest BCUT2D eigenvalue weighted by atomic mass is 79.9. The van der Waals surface area contributed by atoms with Gasteiger partial charge in [0.05, 0.1) is 23.5 Å². The number of hydrogen-bond donors (Lipinski definition) is 0. The molecule has 0 saturated heterocycles. The maximum atomic E-state index is 6.26. The van der Waals surface area contributed by atoms with Crippen LogP contribution in [-0.2, 0) is 0 Å². The Kier molecular flexibility index (Phi) is 5.35. The van der Waals surface area contributed by atoms with E-state index in [9.17, 15) is 0 Å². The number of alkyl halides is 1. The van der Waals surface area contributed by atoms with Crippen molar-refractivity contribution in [2.75, 3.05) is 14.2 Å². The van der Waals surface area contributed by atoms with Crippen molar-refractivity contribution in [1.29, 1.82) is 0 Å². The minimum atomic E-state index is -0.0758. The lowest BCUT2D eigenvalue weighted by atomic mass is 10.0. The van der Waals surface area contributed by atoms with Gasteiger partial charge in [-0.05, 0) is 39.7 Å². The predicted molar refractivity (Wildman–Crippen MR) is 89.5 cm³/mol. The molecule has 0 spiro atoms. The van der Waals surface area contributed by atoms with E-state index in [0.29, 0.717) is 5.02 Å². The Labute approximate surface area is 140 Å². The van der Waals surface area contributed by atoms with E-state index in [1.807, 2.05) is 36.4 Å². The SMILES string of the molecule is COc1cc(C(Br)c2ccccc2Cl)c(OC)cc1Br. The second kappa shape index (κ2) is 6.83. The van der Waals surface area contributed by atoms with Gasteiger partial charge in [-0.25, -0.2) is 0 Å². The molecule has 0 aliphatic rings. The molecule has 2 rings (SSSR count). The van der Waals surface area contributed by atoms with E-state index >= 15 is 0 Å². The zero-order chi connectivity index (χ0) is 14.7. The Balaban J connectivity index is 2.53. The van der Waals surface area contributed by atoms with Crippen molar-refractivity contribution in [3.05, 3.63) is 57.0 Å². The van der Waals surface area contributed by atoms with Crippen molar-refractivity contribution in [3.8, 4) is 11.5 Å². The standard InChI is InChI=1S/C15H13Br2ClO2/c1-19-13-8-11(16)14(20-2)7-10(13)15(17)9-5-3-4-6-12(9)18/h3-8,15H,1-2H3. The zero-order valence-corrected chi connectivity index (χ0v) is 14.9. The molecule has 0 aliphatic heterocycles. The van der Waals surface area contributed by atoms with Crippen LogP contribution in [-0.4, -0.2) is 14.2 Å². The third kappa shape index (κ3) is 3.13. The second-order valence-electron chi connectivity index (χ2n) is 4.11. The molecule has 1 unspecified atom stereocenters. The van der Waals surface area contributed by atoms with Crippen molar-refractivity contribution < 1.29 is 9.47 Å². The van der Waals surface area contributed by atoms with Crippen LogP contribution in [0.25, 0.3) is 0 Å². The van der Waals surface area contributed by atoms with E-state index in [0.717, 1.165) is 27.1 Å². The van der Waals surface area contributed by atoms with E-state index in [1.54, 1.807) is 14.2 Å². The van der Waals surface area contributed by atoms with Gasteiger partial charge in [0, 0.05) is 10.6 Å². The highest BCUT2D eigenvalue weighted by Crippen LogP contribution is 2.43. The third-order valence-corrected chi connectivity index (χ3v) is 4.91. The Morgan fingerprint density at radius 1 is 1.00 bits per heavy atom. The molecule has 0 N–H and O–H groups in total. The highest BCUT2D eigenvalue weighted by Gasteiger charge is 2.20. The van der Waals surface area contributed by atoms with Crippen LogP contribution >= 0.6 is 43.5 Å². The molecule has 2 aromatic carbocycles. The summed E-state index contributed by atoms with van der Waals surface area (Å²) in [5.74, 6) is 1.51. The average Bonchev–Trinajstić information content (AvgIpc) is 2.46. The van der Waals surface area contributed by atoms with E-state index < -0.39 is 0 Å². The van der Waals surface area contributed by atoms with Crippen LogP contribution < -0.4 is 9.47 Å². The number of ether oxygens (including phenoxy) is 2. The molecule has 1 atom stereocenters. The van der Waals surface area contributed by atoms with Crippen molar-refractivity contribution >= 4 is 43.5 Å². The lowest BCUT2D eigenvalue weighted by molar-refractivity contribution is 0.397. The summed E-state index contributed by atoms with van der Waals surface area (Å²) in [5, 5.41) is 0.707. The van der Waals surface area contributed by atoms with Gasteiger partial charge in [-0.15, -0.1) is 0 Å². The van der Waals surface area contributed by atoms with Gasteiger partial charge in [-0.2, -0.15) is 0 Å². The number of hydrogen-bond acceptors (Lipinski definition) is 2. The highest BCUT2D eigenvalue weighted by molar-refractivity contribution is 9.10. The first kappa shape index (κ1) is 15.7. The van der Waals surface area contributed by atoms with Gasteiger partial charge >= 0.3 is 0 Å². The zero-order valence-electron chi connectivity index (χ0n) is 11.0. The maximum absolute atomic E-state index is 6.26. The Hall–Kier alpha value is -0.710. The first-order valence-electron chi connectivity index (χ1n) is 5.88. The summed E-state index contributed by atoms with van der Waals surface area (Å²) in [6.45, 7) is 0. The number of benzene rings is 2. The van der Waals surface area contributed by atoms with Crippen LogP contribution in [0, 0.1) is 0 Å². The van der Waals surface area contributed by atoms with Crippen LogP contribution in [0.3, 0.4) is 0 Å². The van der Waals surface area contributed by atoms with Gasteiger partial charge in [0.25, 0.3) is 0 Å². The van der Waals surface area contributed by atoms with Crippen LogP contribution in [0.4, 0.5) is 0 Å². The van der Waals surface area contributed by atoms with Crippen molar-refractivity contribution in [1.82, 2.24) is 0 Å². The fraction of sp³-hybridized carbons (Fsp3) is 0.200. The molecule has 2 aromatic rings. The summed E-state index contributed by atoms with van der Waals surface area (Å²) in [6, 6.07) is 11.5. The lowest BCUT2D eigenvalue weighted by Gasteiger charge is -2.18. The average molecular weight is 421 g/mol. The van der Waals surface area contributed by atoms with Crippen molar-refractivity contribution in [2.45, 2.75) is 4.83 Å². The predicted octanol–water partition coefficient (Wildman–Crippen LogP) is 5.60. The molecule has 0 fully saturated rings. The summed E-state index contributed by atoms with van der Waals surface area (Å²) >= 11 is 13.4. The number of methoxy groups -OCH3 is 2. The number of rotatable bonds is 4.